The first-order valence-corrected chi connectivity index (χ1v) is 5.63. The van der Waals surface area contributed by atoms with E-state index in [0.717, 1.165) is 6.42 Å². The van der Waals surface area contributed by atoms with E-state index in [9.17, 15) is 9.59 Å². The summed E-state index contributed by atoms with van der Waals surface area (Å²) in [6.45, 7) is 2.05. The first-order chi connectivity index (χ1) is 8.11. The molecule has 4 heteroatoms. The van der Waals surface area contributed by atoms with Crippen LogP contribution in [0, 0.1) is 0 Å². The van der Waals surface area contributed by atoms with Crippen molar-refractivity contribution < 1.29 is 19.4 Å². The van der Waals surface area contributed by atoms with Gasteiger partial charge in [-0.1, -0.05) is 19.1 Å². The van der Waals surface area contributed by atoms with E-state index in [1.54, 1.807) is 12.1 Å². The van der Waals surface area contributed by atoms with Crippen LogP contribution in [0.3, 0.4) is 0 Å². The van der Waals surface area contributed by atoms with Gasteiger partial charge in [0.1, 0.15) is 5.75 Å². The zero-order valence-corrected chi connectivity index (χ0v) is 9.81. The number of rotatable bonds is 6. The van der Waals surface area contributed by atoms with Crippen LogP contribution >= 0.6 is 0 Å². The molecule has 0 saturated carbocycles. The lowest BCUT2D eigenvalue weighted by Gasteiger charge is -2.04. The fourth-order valence-corrected chi connectivity index (χ4v) is 1.36. The minimum Gasteiger partial charge on any atom is -0.481 e. The van der Waals surface area contributed by atoms with Crippen LogP contribution in [-0.2, 0) is 16.0 Å². The molecule has 0 radical (unpaired) electrons. The Bertz CT molecular complexity index is 381. The highest BCUT2D eigenvalue weighted by Crippen LogP contribution is 2.13. The van der Waals surface area contributed by atoms with E-state index in [-0.39, 0.29) is 12.8 Å². The largest absolute Gasteiger partial charge is 0.481 e. The van der Waals surface area contributed by atoms with Crippen molar-refractivity contribution in [3.8, 4) is 5.75 Å². The fourth-order valence-electron chi connectivity index (χ4n) is 1.36. The second-order valence-corrected chi connectivity index (χ2v) is 3.72. The minimum absolute atomic E-state index is 0.0100. The molecule has 1 rings (SSSR count). The molecule has 0 amide bonds. The van der Waals surface area contributed by atoms with E-state index >= 15 is 0 Å². The normalized spacial score (nSPS) is 9.94. The number of benzene rings is 1. The third-order valence-electron chi connectivity index (χ3n) is 2.33. The molecular formula is C13H16O4. The molecular weight excluding hydrogens is 220 g/mol. The molecule has 0 unspecified atom stereocenters. The Kier molecular flexibility index (Phi) is 5.20. The Morgan fingerprint density at radius 2 is 1.82 bits per heavy atom. The highest BCUT2D eigenvalue weighted by Gasteiger charge is 2.06. The van der Waals surface area contributed by atoms with Gasteiger partial charge in [-0.15, -0.1) is 0 Å². The van der Waals surface area contributed by atoms with Crippen molar-refractivity contribution in [2.45, 2.75) is 32.6 Å². The average molecular weight is 236 g/mol. The van der Waals surface area contributed by atoms with E-state index in [0.29, 0.717) is 12.2 Å². The molecule has 4 nitrogen and oxygen atoms in total. The van der Waals surface area contributed by atoms with Gasteiger partial charge in [0.25, 0.3) is 0 Å². The Labute approximate surface area is 100 Å². The number of aryl methyl sites for hydroxylation is 1. The van der Waals surface area contributed by atoms with Crippen LogP contribution in [0.5, 0.6) is 5.75 Å². The van der Waals surface area contributed by atoms with Gasteiger partial charge in [-0.2, -0.15) is 0 Å². The third kappa shape index (κ3) is 5.15. The van der Waals surface area contributed by atoms with Crippen molar-refractivity contribution >= 4 is 11.9 Å². The maximum atomic E-state index is 11.3. The monoisotopic (exact) mass is 236 g/mol. The number of carboxylic acid groups (broad SMARTS) is 1. The van der Waals surface area contributed by atoms with Gasteiger partial charge in [0, 0.05) is 12.8 Å². The standard InChI is InChI=1S/C13H16O4/c1-2-10-6-8-11(9-7-10)17-13(16)5-3-4-12(14)15/h6-9H,2-5H2,1H3,(H,14,15). The number of hydrogen-bond donors (Lipinski definition) is 1. The van der Waals surface area contributed by atoms with E-state index < -0.39 is 11.9 Å². The summed E-state index contributed by atoms with van der Waals surface area (Å²) >= 11 is 0. The van der Waals surface area contributed by atoms with Crippen molar-refractivity contribution in [3.63, 3.8) is 0 Å². The maximum absolute atomic E-state index is 11.3. The lowest BCUT2D eigenvalue weighted by atomic mass is 10.2. The van der Waals surface area contributed by atoms with Gasteiger partial charge in [0.2, 0.25) is 0 Å². The summed E-state index contributed by atoms with van der Waals surface area (Å²) in [5.41, 5.74) is 1.18. The first kappa shape index (κ1) is 13.2. The predicted octanol–water partition coefficient (Wildman–Crippen LogP) is 2.41. The summed E-state index contributed by atoms with van der Waals surface area (Å²) in [5.74, 6) is -0.789. The van der Waals surface area contributed by atoms with E-state index in [1.807, 2.05) is 19.1 Å². The second-order valence-electron chi connectivity index (χ2n) is 3.72. The number of carboxylic acids is 1. The van der Waals surface area contributed by atoms with Gasteiger partial charge in [-0.05, 0) is 30.5 Å². The van der Waals surface area contributed by atoms with Crippen molar-refractivity contribution in [1.29, 1.82) is 0 Å². The molecule has 17 heavy (non-hydrogen) atoms. The molecule has 1 N–H and O–H groups in total. The van der Waals surface area contributed by atoms with Gasteiger partial charge in [-0.25, -0.2) is 0 Å². The minimum atomic E-state index is -0.898. The number of aliphatic carboxylic acids is 1. The molecule has 0 spiro atoms. The number of carbonyl (C=O) groups excluding carboxylic acids is 1. The van der Waals surface area contributed by atoms with Crippen LogP contribution in [-0.4, -0.2) is 17.0 Å². The zero-order chi connectivity index (χ0) is 12.7. The molecule has 0 aromatic heterocycles. The average Bonchev–Trinajstić information content (AvgIpc) is 2.29. The molecule has 1 aromatic carbocycles. The van der Waals surface area contributed by atoms with Gasteiger partial charge >= 0.3 is 11.9 Å². The second kappa shape index (κ2) is 6.68. The summed E-state index contributed by atoms with van der Waals surface area (Å²) in [4.78, 5) is 21.6. The Hall–Kier alpha value is -1.84. The quantitative estimate of drug-likeness (QED) is 0.608. The SMILES string of the molecule is CCc1ccc(OC(=O)CCCC(=O)O)cc1. The zero-order valence-electron chi connectivity index (χ0n) is 9.81. The van der Waals surface area contributed by atoms with Gasteiger partial charge in [0.05, 0.1) is 0 Å². The number of carbonyl (C=O) groups is 2. The van der Waals surface area contributed by atoms with Crippen LogP contribution in [0.15, 0.2) is 24.3 Å². The number of esters is 1. The maximum Gasteiger partial charge on any atom is 0.311 e. The van der Waals surface area contributed by atoms with Crippen molar-refractivity contribution in [2.75, 3.05) is 0 Å². The van der Waals surface area contributed by atoms with Crippen LogP contribution < -0.4 is 4.74 Å². The lowest BCUT2D eigenvalue weighted by Crippen LogP contribution is -2.08. The van der Waals surface area contributed by atoms with Gasteiger partial charge < -0.3 is 9.84 Å². The molecule has 1 aromatic rings. The summed E-state index contributed by atoms with van der Waals surface area (Å²) in [5, 5.41) is 8.42. The van der Waals surface area contributed by atoms with Crippen LogP contribution in [0.1, 0.15) is 31.7 Å². The molecule has 0 saturated heterocycles. The molecule has 0 aliphatic carbocycles. The molecule has 0 atom stereocenters. The van der Waals surface area contributed by atoms with E-state index in [4.69, 9.17) is 9.84 Å². The van der Waals surface area contributed by atoms with Crippen LogP contribution in [0.4, 0.5) is 0 Å². The molecule has 0 fully saturated rings. The van der Waals surface area contributed by atoms with Gasteiger partial charge in [-0.3, -0.25) is 9.59 Å². The molecule has 0 bridgehead atoms. The van der Waals surface area contributed by atoms with Crippen molar-refractivity contribution in [1.82, 2.24) is 0 Å². The van der Waals surface area contributed by atoms with Crippen LogP contribution in [0.2, 0.25) is 0 Å². The molecule has 0 heterocycles. The molecule has 0 aliphatic heterocycles. The summed E-state index contributed by atoms with van der Waals surface area (Å²) in [6.07, 6.45) is 1.36. The fraction of sp³-hybridized carbons (Fsp3) is 0.385. The summed E-state index contributed by atoms with van der Waals surface area (Å²) in [7, 11) is 0. The summed E-state index contributed by atoms with van der Waals surface area (Å²) < 4.78 is 5.06. The third-order valence-corrected chi connectivity index (χ3v) is 2.33. The highest BCUT2D eigenvalue weighted by molar-refractivity contribution is 5.73. The number of ether oxygens (including phenoxy) is 1. The molecule has 92 valence electrons. The Morgan fingerprint density at radius 3 is 2.35 bits per heavy atom. The summed E-state index contributed by atoms with van der Waals surface area (Å²) in [6, 6.07) is 7.29. The van der Waals surface area contributed by atoms with Gasteiger partial charge in [0.15, 0.2) is 0 Å². The van der Waals surface area contributed by atoms with E-state index in [2.05, 4.69) is 0 Å². The Morgan fingerprint density at radius 1 is 1.18 bits per heavy atom. The number of hydrogen-bond acceptors (Lipinski definition) is 3. The topological polar surface area (TPSA) is 63.6 Å². The Balaban J connectivity index is 2.37. The lowest BCUT2D eigenvalue weighted by molar-refractivity contribution is -0.137. The first-order valence-electron chi connectivity index (χ1n) is 5.63. The van der Waals surface area contributed by atoms with Crippen molar-refractivity contribution in [3.05, 3.63) is 29.8 Å². The van der Waals surface area contributed by atoms with E-state index in [1.165, 1.54) is 5.56 Å². The highest BCUT2D eigenvalue weighted by atomic mass is 16.5. The predicted molar refractivity (Wildman–Crippen MR) is 62.9 cm³/mol. The van der Waals surface area contributed by atoms with Crippen LogP contribution in [0.25, 0.3) is 0 Å². The van der Waals surface area contributed by atoms with Crippen molar-refractivity contribution in [2.24, 2.45) is 0 Å². The molecule has 0 aliphatic rings. The smallest absolute Gasteiger partial charge is 0.311 e.